The summed E-state index contributed by atoms with van der Waals surface area (Å²) in [5, 5.41) is -1.14. The van der Waals surface area contributed by atoms with Crippen LogP contribution in [0, 0.1) is 0 Å². The van der Waals surface area contributed by atoms with Crippen molar-refractivity contribution in [3.8, 4) is 0 Å². The normalized spacial score (nSPS) is 17.8. The van der Waals surface area contributed by atoms with E-state index < -0.39 is 31.1 Å². The van der Waals surface area contributed by atoms with Crippen LogP contribution >= 0.6 is 7.60 Å². The quantitative estimate of drug-likeness (QED) is 0.342. The second-order valence-electron chi connectivity index (χ2n) is 10.7. The summed E-state index contributed by atoms with van der Waals surface area (Å²) in [6, 6.07) is 6.04. The first kappa shape index (κ1) is 29.6. The molecule has 1 aromatic carbocycles. The Kier molecular flexibility index (Phi) is 9.42. The molecule has 8 nitrogen and oxygen atoms in total. The van der Waals surface area contributed by atoms with Crippen molar-refractivity contribution in [1.29, 1.82) is 0 Å². The van der Waals surface area contributed by atoms with Crippen LogP contribution in [-0.4, -0.2) is 75.1 Å². The highest BCUT2D eigenvalue weighted by atomic mass is 32.2. The van der Waals surface area contributed by atoms with Crippen molar-refractivity contribution < 1.29 is 27.2 Å². The van der Waals surface area contributed by atoms with E-state index in [0.717, 1.165) is 6.54 Å². The third kappa shape index (κ3) is 6.21. The van der Waals surface area contributed by atoms with Gasteiger partial charge in [-0.2, -0.15) is 4.31 Å². The van der Waals surface area contributed by atoms with E-state index >= 15 is 0 Å². The highest BCUT2D eigenvalue weighted by molar-refractivity contribution is 7.89. The molecular formula is C23H43N2O6PSSi. The molecule has 0 atom stereocenters. The Morgan fingerprint density at radius 2 is 1.50 bits per heavy atom. The Balaban J connectivity index is 2.03. The predicted octanol–water partition coefficient (Wildman–Crippen LogP) is 4.21. The molecule has 1 aromatic rings. The molecule has 2 N–H and O–H groups in total. The lowest BCUT2D eigenvalue weighted by atomic mass is 9.93. The Bertz CT molecular complexity index is 960. The lowest BCUT2D eigenvalue weighted by Gasteiger charge is -2.38. The number of hydrogen-bond donors (Lipinski definition) is 2. The first-order chi connectivity index (χ1) is 15.5. The molecule has 0 aromatic heterocycles. The summed E-state index contributed by atoms with van der Waals surface area (Å²) in [4.78, 5) is 22.3. The number of sulfonamides is 1. The van der Waals surface area contributed by atoms with Gasteiger partial charge in [-0.25, -0.2) is 8.42 Å². The average Bonchev–Trinajstić information content (AvgIpc) is 2.74. The van der Waals surface area contributed by atoms with Crippen LogP contribution in [-0.2, 0) is 24.2 Å². The molecule has 0 spiro atoms. The molecule has 1 saturated heterocycles. The van der Waals surface area contributed by atoms with Gasteiger partial charge in [0.1, 0.15) is 0 Å². The van der Waals surface area contributed by atoms with E-state index in [-0.39, 0.29) is 22.8 Å². The van der Waals surface area contributed by atoms with Crippen LogP contribution < -0.4 is 0 Å². The second kappa shape index (κ2) is 10.8. The molecule has 0 amide bonds. The average molecular weight is 535 g/mol. The van der Waals surface area contributed by atoms with Crippen molar-refractivity contribution >= 4 is 25.9 Å². The van der Waals surface area contributed by atoms with Crippen LogP contribution in [0.5, 0.6) is 0 Å². The monoisotopic (exact) mass is 534 g/mol. The smallest absolute Gasteiger partial charge is 0.335 e. The fourth-order valence-corrected chi connectivity index (χ4v) is 7.93. The van der Waals surface area contributed by atoms with E-state index in [1.54, 1.807) is 26.0 Å². The van der Waals surface area contributed by atoms with Gasteiger partial charge >= 0.3 is 7.60 Å². The van der Waals surface area contributed by atoms with Gasteiger partial charge in [-0.05, 0) is 48.7 Å². The van der Waals surface area contributed by atoms with E-state index in [1.807, 2.05) is 0 Å². The first-order valence-electron chi connectivity index (χ1n) is 12.0. The number of nitrogens with zero attached hydrogens (tertiary/aromatic N) is 2. The van der Waals surface area contributed by atoms with E-state index in [9.17, 15) is 22.8 Å². The van der Waals surface area contributed by atoms with Crippen LogP contribution in [0.3, 0.4) is 0 Å². The number of benzene rings is 1. The topological polar surface area (TPSA) is 107 Å². The number of hydrogen-bond acceptors (Lipinski definition) is 5. The molecule has 0 unspecified atom stereocenters. The Labute approximate surface area is 207 Å². The maximum absolute atomic E-state index is 13.2. The van der Waals surface area contributed by atoms with E-state index in [1.165, 1.54) is 16.4 Å². The zero-order valence-corrected chi connectivity index (χ0v) is 24.5. The summed E-state index contributed by atoms with van der Waals surface area (Å²) in [5.41, 5.74) is 0.469. The van der Waals surface area contributed by atoms with Gasteiger partial charge in [0, 0.05) is 39.3 Å². The number of piperazine rings is 1. The van der Waals surface area contributed by atoms with E-state index in [2.05, 4.69) is 38.8 Å². The summed E-state index contributed by atoms with van der Waals surface area (Å²) < 4.78 is 46.3. The number of rotatable bonds is 10. The predicted molar refractivity (Wildman–Crippen MR) is 139 cm³/mol. The van der Waals surface area contributed by atoms with E-state index in [0.29, 0.717) is 38.3 Å². The lowest BCUT2D eigenvalue weighted by Crippen LogP contribution is -2.50. The van der Waals surface area contributed by atoms with Crippen LogP contribution in [0.4, 0.5) is 0 Å². The van der Waals surface area contributed by atoms with Crippen molar-refractivity contribution in [3.63, 3.8) is 0 Å². The Hall–Kier alpha value is -0.583. The molecule has 196 valence electrons. The minimum Gasteiger partial charge on any atom is -0.416 e. The molecule has 1 fully saturated rings. The van der Waals surface area contributed by atoms with Crippen LogP contribution in [0.25, 0.3) is 0 Å². The summed E-state index contributed by atoms with van der Waals surface area (Å²) in [5.74, 6) is 0. The molecule has 1 aliphatic heterocycles. The summed E-state index contributed by atoms with van der Waals surface area (Å²) >= 11 is 0. The van der Waals surface area contributed by atoms with Crippen molar-refractivity contribution in [1.82, 2.24) is 9.21 Å². The highest BCUT2D eigenvalue weighted by Gasteiger charge is 2.45. The maximum Gasteiger partial charge on any atom is 0.335 e. The molecule has 0 aliphatic carbocycles. The third-order valence-electron chi connectivity index (χ3n) is 7.76. The summed E-state index contributed by atoms with van der Waals surface area (Å²) in [6.45, 7) is 18.1. The minimum absolute atomic E-state index is 0.151. The molecule has 0 radical (unpaired) electrons. The minimum atomic E-state index is -4.42. The van der Waals surface area contributed by atoms with Crippen LogP contribution in [0.2, 0.25) is 18.1 Å². The molecule has 11 heteroatoms. The van der Waals surface area contributed by atoms with Crippen molar-refractivity contribution in [2.24, 2.45) is 0 Å². The second-order valence-corrected chi connectivity index (χ2v) is 19.4. The van der Waals surface area contributed by atoms with Gasteiger partial charge < -0.3 is 14.2 Å². The van der Waals surface area contributed by atoms with Gasteiger partial charge in [0.25, 0.3) is 0 Å². The van der Waals surface area contributed by atoms with E-state index in [4.69, 9.17) is 4.43 Å². The van der Waals surface area contributed by atoms with Crippen LogP contribution in [0.15, 0.2) is 29.2 Å². The summed E-state index contributed by atoms with van der Waals surface area (Å²) in [7, 11) is -9.89. The standard InChI is InChI=1S/C23H43N2O6PSSi/c1-8-23(9-2,32(26,27)28)20-10-12-21(13-11-20)33(29,30)25-16-14-24(15-17-25)18-19-31-34(6,7)22(3,4)5/h10-13H,8-9,14-19H2,1-7H3,(H2,26,27,28). The third-order valence-corrected chi connectivity index (χ3v) is 16.2. The largest absolute Gasteiger partial charge is 0.416 e. The van der Waals surface area contributed by atoms with Gasteiger partial charge in [0.05, 0.1) is 10.1 Å². The molecule has 0 saturated carbocycles. The zero-order chi connectivity index (χ0) is 26.0. The Morgan fingerprint density at radius 1 is 1.00 bits per heavy atom. The van der Waals surface area contributed by atoms with Gasteiger partial charge in [0.15, 0.2) is 8.32 Å². The van der Waals surface area contributed by atoms with Gasteiger partial charge in [-0.15, -0.1) is 0 Å². The zero-order valence-electron chi connectivity index (χ0n) is 21.7. The van der Waals surface area contributed by atoms with Gasteiger partial charge in [0.2, 0.25) is 10.0 Å². The Morgan fingerprint density at radius 3 is 1.91 bits per heavy atom. The SMILES string of the molecule is CCC(CC)(c1ccc(S(=O)(=O)N2CCN(CCO[Si](C)(C)C(C)(C)C)CC2)cc1)P(=O)(O)O. The maximum atomic E-state index is 13.2. The molecule has 2 rings (SSSR count). The van der Waals surface area contributed by atoms with Crippen molar-refractivity contribution in [3.05, 3.63) is 29.8 Å². The van der Waals surface area contributed by atoms with Crippen molar-refractivity contribution in [2.75, 3.05) is 39.3 Å². The fraction of sp³-hybridized carbons (Fsp3) is 0.739. The molecule has 1 aliphatic rings. The molecule has 0 bridgehead atoms. The lowest BCUT2D eigenvalue weighted by molar-refractivity contribution is 0.153. The molecule has 1 heterocycles. The van der Waals surface area contributed by atoms with Crippen LogP contribution in [0.1, 0.15) is 53.0 Å². The first-order valence-corrected chi connectivity index (χ1v) is 18.0. The van der Waals surface area contributed by atoms with Gasteiger partial charge in [-0.1, -0.05) is 46.8 Å². The van der Waals surface area contributed by atoms with Crippen molar-refractivity contribution in [2.45, 2.75) is 75.6 Å². The molecule has 34 heavy (non-hydrogen) atoms. The summed E-state index contributed by atoms with van der Waals surface area (Å²) in [6.07, 6.45) is 0.530. The van der Waals surface area contributed by atoms with Gasteiger partial charge in [-0.3, -0.25) is 9.46 Å². The molecular weight excluding hydrogens is 491 g/mol. The fourth-order valence-electron chi connectivity index (χ4n) is 4.16. The highest BCUT2D eigenvalue weighted by Crippen LogP contribution is 2.60.